The largest absolute Gasteiger partial charge is 0.448 e. The Bertz CT molecular complexity index is 899. The van der Waals surface area contributed by atoms with Crippen LogP contribution in [0.15, 0.2) is 46.5 Å². The first-order chi connectivity index (χ1) is 13.2. The monoisotopic (exact) mass is 401 g/mol. The molecule has 0 bridgehead atoms. The minimum Gasteiger partial charge on any atom is -0.448 e. The van der Waals surface area contributed by atoms with Crippen LogP contribution >= 0.6 is 11.8 Å². The minimum atomic E-state index is -1.15. The molecule has 0 aliphatic carbocycles. The van der Waals surface area contributed by atoms with Gasteiger partial charge in [-0.2, -0.15) is 0 Å². The van der Waals surface area contributed by atoms with Crippen LogP contribution in [0, 0.1) is 19.8 Å². The fourth-order valence-corrected chi connectivity index (χ4v) is 3.35. The van der Waals surface area contributed by atoms with Crippen molar-refractivity contribution < 1.29 is 19.1 Å². The zero-order valence-corrected chi connectivity index (χ0v) is 17.0. The summed E-state index contributed by atoms with van der Waals surface area (Å²) < 4.78 is 5.37. The summed E-state index contributed by atoms with van der Waals surface area (Å²) >= 11 is 1.33. The molecule has 0 aliphatic heterocycles. The number of hydrogen-bond acceptors (Lipinski definition) is 6. The van der Waals surface area contributed by atoms with E-state index >= 15 is 0 Å². The number of primary amides is 1. The van der Waals surface area contributed by atoms with E-state index in [0.29, 0.717) is 5.03 Å². The molecule has 3 N–H and O–H groups in total. The summed E-state index contributed by atoms with van der Waals surface area (Å²) in [6.45, 7) is 7.44. The van der Waals surface area contributed by atoms with Gasteiger partial charge in [0.1, 0.15) is 5.03 Å². The van der Waals surface area contributed by atoms with Gasteiger partial charge in [0, 0.05) is 11.1 Å². The van der Waals surface area contributed by atoms with Gasteiger partial charge < -0.3 is 10.5 Å². The van der Waals surface area contributed by atoms with Gasteiger partial charge in [0.15, 0.2) is 6.10 Å². The predicted molar refractivity (Wildman–Crippen MR) is 106 cm³/mol. The Balaban J connectivity index is 2.24. The van der Waals surface area contributed by atoms with Crippen molar-refractivity contribution >= 4 is 29.7 Å². The Morgan fingerprint density at radius 2 is 1.86 bits per heavy atom. The highest BCUT2D eigenvalue weighted by Gasteiger charge is 2.29. The maximum Gasteiger partial charge on any atom is 0.341 e. The molecule has 1 atom stereocenters. The molecule has 0 radical (unpaired) electrons. The smallest absolute Gasteiger partial charge is 0.341 e. The van der Waals surface area contributed by atoms with Gasteiger partial charge in [0.05, 0.1) is 5.56 Å². The van der Waals surface area contributed by atoms with Crippen LogP contribution < -0.4 is 11.1 Å². The molecule has 2 aromatic rings. The Hall–Kier alpha value is -2.87. The summed E-state index contributed by atoms with van der Waals surface area (Å²) in [6, 6.07) is 8.17. The van der Waals surface area contributed by atoms with Gasteiger partial charge in [-0.15, -0.1) is 0 Å². The number of pyridine rings is 1. The second kappa shape index (κ2) is 9.36. The number of aryl methyl sites for hydroxylation is 2. The number of imide groups is 1. The first-order valence-electron chi connectivity index (χ1n) is 8.70. The number of urea groups is 1. The molecule has 3 amide bonds. The third-order valence-electron chi connectivity index (χ3n) is 4.03. The van der Waals surface area contributed by atoms with Gasteiger partial charge in [-0.1, -0.05) is 31.7 Å². The van der Waals surface area contributed by atoms with Gasteiger partial charge in [0.25, 0.3) is 5.91 Å². The highest BCUT2D eigenvalue weighted by atomic mass is 32.2. The van der Waals surface area contributed by atoms with Crippen molar-refractivity contribution in [3.8, 4) is 0 Å². The molecule has 0 saturated carbocycles. The fourth-order valence-electron chi connectivity index (χ4n) is 2.38. The van der Waals surface area contributed by atoms with Crippen molar-refractivity contribution in [1.29, 1.82) is 0 Å². The summed E-state index contributed by atoms with van der Waals surface area (Å²) in [5.41, 5.74) is 7.52. The lowest BCUT2D eigenvalue weighted by Crippen LogP contribution is -2.45. The average Bonchev–Trinajstić information content (AvgIpc) is 2.62. The number of nitrogens with zero attached hydrogens (tertiary/aromatic N) is 1. The number of benzene rings is 1. The molecule has 0 aliphatic rings. The van der Waals surface area contributed by atoms with E-state index in [1.54, 1.807) is 32.2 Å². The first kappa shape index (κ1) is 21.4. The molecule has 28 heavy (non-hydrogen) atoms. The number of hydrogen-bond donors (Lipinski definition) is 2. The van der Waals surface area contributed by atoms with Crippen LogP contribution in [0.3, 0.4) is 0 Å². The predicted octanol–water partition coefficient (Wildman–Crippen LogP) is 3.23. The summed E-state index contributed by atoms with van der Waals surface area (Å²) in [5.74, 6) is -1.81. The molecule has 0 saturated heterocycles. The van der Waals surface area contributed by atoms with E-state index in [2.05, 4.69) is 4.98 Å². The van der Waals surface area contributed by atoms with Crippen LogP contribution in [0.1, 0.15) is 35.3 Å². The summed E-state index contributed by atoms with van der Waals surface area (Å²) in [7, 11) is 0. The number of esters is 1. The van der Waals surface area contributed by atoms with Crippen LogP contribution in [-0.4, -0.2) is 29.0 Å². The molecule has 148 valence electrons. The Morgan fingerprint density at radius 3 is 2.46 bits per heavy atom. The molecule has 1 aromatic heterocycles. The van der Waals surface area contributed by atoms with E-state index in [1.807, 2.05) is 37.4 Å². The third-order valence-corrected chi connectivity index (χ3v) is 5.04. The quantitative estimate of drug-likeness (QED) is 0.719. The standard InChI is InChI=1S/C20H23N3O4S/c1-11(2)16(17(24)23-20(21)26)27-19(25)15-6-5-9-22-18(15)28-14-8-7-12(3)13(4)10-14/h5-11,16H,1-4H3,(H3,21,23,24,26)/t16-/m0/s1. The lowest BCUT2D eigenvalue weighted by Gasteiger charge is -2.20. The molecule has 8 heteroatoms. The lowest BCUT2D eigenvalue weighted by molar-refractivity contribution is -0.130. The topological polar surface area (TPSA) is 111 Å². The van der Waals surface area contributed by atoms with Crippen LogP contribution in [-0.2, 0) is 9.53 Å². The van der Waals surface area contributed by atoms with Gasteiger partial charge in [-0.05, 0) is 55.2 Å². The Morgan fingerprint density at radius 1 is 1.14 bits per heavy atom. The summed E-state index contributed by atoms with van der Waals surface area (Å²) in [4.78, 5) is 41.0. The number of carbonyl (C=O) groups excluding carboxylic acids is 3. The fraction of sp³-hybridized carbons (Fsp3) is 0.300. The van der Waals surface area contributed by atoms with Crippen LogP contribution in [0.5, 0.6) is 0 Å². The number of aromatic nitrogens is 1. The number of rotatable bonds is 6. The second-order valence-corrected chi connectivity index (χ2v) is 7.69. The maximum atomic E-state index is 12.7. The van der Waals surface area contributed by atoms with Crippen LogP contribution in [0.25, 0.3) is 0 Å². The molecule has 0 spiro atoms. The van der Waals surface area contributed by atoms with Crippen LogP contribution in [0.2, 0.25) is 0 Å². The molecular weight excluding hydrogens is 378 g/mol. The molecule has 0 fully saturated rings. The molecular formula is C20H23N3O4S. The molecule has 1 heterocycles. The van der Waals surface area contributed by atoms with E-state index < -0.39 is 24.0 Å². The summed E-state index contributed by atoms with van der Waals surface area (Å²) in [5, 5.41) is 2.42. The number of nitrogens with one attached hydrogen (secondary N) is 1. The SMILES string of the molecule is Cc1ccc(Sc2ncccc2C(=O)O[C@H](C(=O)NC(N)=O)C(C)C)cc1C. The number of ether oxygens (including phenoxy) is 1. The zero-order valence-electron chi connectivity index (χ0n) is 16.2. The average molecular weight is 401 g/mol. The van der Waals surface area contributed by atoms with E-state index in [-0.39, 0.29) is 11.5 Å². The second-order valence-electron chi connectivity index (χ2n) is 6.63. The van der Waals surface area contributed by atoms with Gasteiger partial charge >= 0.3 is 12.0 Å². The van der Waals surface area contributed by atoms with Crippen molar-refractivity contribution in [2.75, 3.05) is 0 Å². The van der Waals surface area contributed by atoms with Crippen molar-refractivity contribution in [2.45, 2.75) is 43.7 Å². The van der Waals surface area contributed by atoms with Gasteiger partial charge in [0.2, 0.25) is 0 Å². The van der Waals surface area contributed by atoms with E-state index in [0.717, 1.165) is 10.5 Å². The highest BCUT2D eigenvalue weighted by Crippen LogP contribution is 2.30. The zero-order chi connectivity index (χ0) is 20.8. The molecule has 0 unspecified atom stereocenters. The summed E-state index contributed by atoms with van der Waals surface area (Å²) in [6.07, 6.45) is 0.430. The first-order valence-corrected chi connectivity index (χ1v) is 9.52. The molecule has 2 rings (SSSR count). The Labute approximate surface area is 168 Å². The molecule has 1 aromatic carbocycles. The normalized spacial score (nSPS) is 11.8. The van der Waals surface area contributed by atoms with Crippen LogP contribution in [0.4, 0.5) is 4.79 Å². The van der Waals surface area contributed by atoms with Gasteiger partial charge in [-0.3, -0.25) is 10.1 Å². The molecule has 7 nitrogen and oxygen atoms in total. The highest BCUT2D eigenvalue weighted by molar-refractivity contribution is 7.99. The van der Waals surface area contributed by atoms with Crippen molar-refractivity contribution in [2.24, 2.45) is 11.7 Å². The minimum absolute atomic E-state index is 0.239. The number of nitrogens with two attached hydrogens (primary N) is 1. The van der Waals surface area contributed by atoms with Crippen molar-refractivity contribution in [1.82, 2.24) is 10.3 Å². The maximum absolute atomic E-state index is 12.7. The number of amides is 3. The van der Waals surface area contributed by atoms with E-state index in [1.165, 1.54) is 17.3 Å². The van der Waals surface area contributed by atoms with Crippen molar-refractivity contribution in [3.05, 3.63) is 53.2 Å². The van der Waals surface area contributed by atoms with Gasteiger partial charge in [-0.25, -0.2) is 14.6 Å². The van der Waals surface area contributed by atoms with Crippen molar-refractivity contribution in [3.63, 3.8) is 0 Å². The van der Waals surface area contributed by atoms with E-state index in [9.17, 15) is 14.4 Å². The Kier molecular flexibility index (Phi) is 7.17. The third kappa shape index (κ3) is 5.56. The van der Waals surface area contributed by atoms with E-state index in [4.69, 9.17) is 10.5 Å². The number of carbonyl (C=O) groups is 3. The lowest BCUT2D eigenvalue weighted by atomic mass is 10.1.